The van der Waals surface area contributed by atoms with E-state index < -0.39 is 6.04 Å². The van der Waals surface area contributed by atoms with E-state index >= 15 is 0 Å². The Morgan fingerprint density at radius 3 is 3.12 bits per heavy atom. The molecule has 0 spiro atoms. The Labute approximate surface area is 94.9 Å². The number of Topliss-reactive ketones (excluding diaryl/α,β-unsaturated/α-hetero) is 1. The average Bonchev–Trinajstić information content (AvgIpc) is 2.81. The minimum atomic E-state index is -0.475. The third-order valence-corrected chi connectivity index (χ3v) is 3.31. The summed E-state index contributed by atoms with van der Waals surface area (Å²) in [7, 11) is 0. The molecular weight excluding hydrogens is 208 g/mol. The Morgan fingerprint density at radius 2 is 2.44 bits per heavy atom. The van der Waals surface area contributed by atoms with Crippen LogP contribution in [0.4, 0.5) is 0 Å². The fraction of sp³-hybridized carbons (Fsp3) is 0.818. The molecule has 0 bridgehead atoms. The van der Waals surface area contributed by atoms with Gasteiger partial charge in [0.05, 0.1) is 12.1 Å². The summed E-state index contributed by atoms with van der Waals surface area (Å²) in [6, 6.07) is -0.840. The van der Waals surface area contributed by atoms with Crippen LogP contribution in [0.5, 0.6) is 0 Å². The molecule has 2 N–H and O–H groups in total. The number of rotatable bonds is 3. The lowest BCUT2D eigenvalue weighted by molar-refractivity contribution is -0.137. The molecule has 0 aromatic carbocycles. The summed E-state index contributed by atoms with van der Waals surface area (Å²) in [5.74, 6) is -0.0900. The smallest absolute Gasteiger partial charge is 0.240 e. The minimum Gasteiger partial charge on any atom is -0.368 e. The molecule has 0 aliphatic carbocycles. The van der Waals surface area contributed by atoms with Crippen molar-refractivity contribution in [2.75, 3.05) is 13.2 Å². The molecule has 1 amide bonds. The molecule has 2 heterocycles. The van der Waals surface area contributed by atoms with Gasteiger partial charge in [0.25, 0.3) is 0 Å². The van der Waals surface area contributed by atoms with Gasteiger partial charge >= 0.3 is 0 Å². The minimum absolute atomic E-state index is 0.0135. The monoisotopic (exact) mass is 226 g/mol. The summed E-state index contributed by atoms with van der Waals surface area (Å²) in [5.41, 5.74) is 5.79. The molecule has 5 nitrogen and oxygen atoms in total. The van der Waals surface area contributed by atoms with Crippen molar-refractivity contribution >= 4 is 11.7 Å². The molecule has 0 aromatic rings. The van der Waals surface area contributed by atoms with Crippen molar-refractivity contribution < 1.29 is 14.3 Å². The second-order valence-electron chi connectivity index (χ2n) is 4.48. The van der Waals surface area contributed by atoms with Crippen LogP contribution in [-0.2, 0) is 14.3 Å². The largest absolute Gasteiger partial charge is 0.368 e. The number of nitrogens with two attached hydrogens (primary N) is 1. The zero-order valence-electron chi connectivity index (χ0n) is 9.52. The number of ether oxygens (including phenoxy) is 1. The second-order valence-corrected chi connectivity index (χ2v) is 4.48. The highest BCUT2D eigenvalue weighted by molar-refractivity contribution is 5.93. The van der Waals surface area contributed by atoms with Crippen molar-refractivity contribution in [2.45, 2.75) is 44.4 Å². The maximum Gasteiger partial charge on any atom is 0.240 e. The maximum atomic E-state index is 12.0. The summed E-state index contributed by atoms with van der Waals surface area (Å²) < 4.78 is 5.33. The SMILES string of the molecule is CCCC(N)C(=O)N1CCC2OCC(=O)C21. The van der Waals surface area contributed by atoms with Crippen molar-refractivity contribution in [3.05, 3.63) is 0 Å². The van der Waals surface area contributed by atoms with Crippen molar-refractivity contribution in [3.8, 4) is 0 Å². The number of hydrogen-bond acceptors (Lipinski definition) is 4. The first-order valence-electron chi connectivity index (χ1n) is 5.85. The number of carbonyl (C=O) groups is 2. The highest BCUT2D eigenvalue weighted by Gasteiger charge is 2.47. The van der Waals surface area contributed by atoms with E-state index in [0.717, 1.165) is 12.8 Å². The standard InChI is InChI=1S/C11H18N2O3/c1-2-3-7(12)11(15)13-5-4-9-10(13)8(14)6-16-9/h7,9-10H,2-6,12H2,1H3. The zero-order chi connectivity index (χ0) is 11.7. The van der Waals surface area contributed by atoms with Gasteiger partial charge in [-0.2, -0.15) is 0 Å². The first-order chi connectivity index (χ1) is 7.65. The van der Waals surface area contributed by atoms with E-state index in [9.17, 15) is 9.59 Å². The van der Waals surface area contributed by atoms with Gasteiger partial charge in [-0.25, -0.2) is 0 Å². The van der Waals surface area contributed by atoms with Gasteiger partial charge in [0.2, 0.25) is 5.91 Å². The molecule has 2 saturated heterocycles. The van der Waals surface area contributed by atoms with Gasteiger partial charge in [-0.1, -0.05) is 13.3 Å². The molecule has 2 fully saturated rings. The Hall–Kier alpha value is -0.940. The highest BCUT2D eigenvalue weighted by atomic mass is 16.5. The van der Waals surface area contributed by atoms with Crippen LogP contribution in [0.25, 0.3) is 0 Å². The Morgan fingerprint density at radius 1 is 1.69 bits per heavy atom. The first-order valence-corrected chi connectivity index (χ1v) is 5.85. The number of likely N-dealkylation sites (tertiary alicyclic amines) is 1. The van der Waals surface area contributed by atoms with E-state index in [4.69, 9.17) is 10.5 Å². The molecule has 0 radical (unpaired) electrons. The predicted molar refractivity (Wildman–Crippen MR) is 57.7 cm³/mol. The van der Waals surface area contributed by atoms with Gasteiger partial charge < -0.3 is 15.4 Å². The number of carbonyl (C=O) groups excluding carboxylic acids is 2. The summed E-state index contributed by atoms with van der Waals surface area (Å²) in [6.45, 7) is 2.73. The lowest BCUT2D eigenvalue weighted by atomic mass is 10.1. The third kappa shape index (κ3) is 1.85. The third-order valence-electron chi connectivity index (χ3n) is 3.31. The molecule has 2 aliphatic heterocycles. The number of hydrogen-bond donors (Lipinski definition) is 1. The summed E-state index contributed by atoms with van der Waals surface area (Å²) >= 11 is 0. The zero-order valence-corrected chi connectivity index (χ0v) is 9.52. The van der Waals surface area contributed by atoms with Crippen molar-refractivity contribution in [1.82, 2.24) is 4.90 Å². The molecule has 16 heavy (non-hydrogen) atoms. The molecule has 90 valence electrons. The van der Waals surface area contributed by atoms with E-state index in [2.05, 4.69) is 0 Å². The van der Waals surface area contributed by atoms with Crippen LogP contribution >= 0.6 is 0 Å². The molecule has 0 saturated carbocycles. The Kier molecular flexibility index (Phi) is 3.25. The number of ketones is 1. The van der Waals surface area contributed by atoms with Crippen LogP contribution in [0.1, 0.15) is 26.2 Å². The molecule has 3 unspecified atom stereocenters. The quantitative estimate of drug-likeness (QED) is 0.716. The van der Waals surface area contributed by atoms with Crippen LogP contribution < -0.4 is 5.73 Å². The normalized spacial score (nSPS) is 30.6. The van der Waals surface area contributed by atoms with Gasteiger partial charge in [0.15, 0.2) is 5.78 Å². The van der Waals surface area contributed by atoms with Crippen molar-refractivity contribution in [2.24, 2.45) is 5.73 Å². The van der Waals surface area contributed by atoms with Crippen LogP contribution in [-0.4, -0.2) is 47.9 Å². The van der Waals surface area contributed by atoms with E-state index in [1.165, 1.54) is 0 Å². The molecule has 5 heteroatoms. The fourth-order valence-corrected chi connectivity index (χ4v) is 2.49. The first kappa shape index (κ1) is 11.5. The van der Waals surface area contributed by atoms with Gasteiger partial charge in [0.1, 0.15) is 12.6 Å². The van der Waals surface area contributed by atoms with Crippen LogP contribution in [0.15, 0.2) is 0 Å². The molecule has 2 aliphatic rings. The fourth-order valence-electron chi connectivity index (χ4n) is 2.49. The summed E-state index contributed by atoms with van der Waals surface area (Å²) in [4.78, 5) is 25.2. The molecule has 3 atom stereocenters. The molecule has 0 aromatic heterocycles. The van der Waals surface area contributed by atoms with Gasteiger partial charge in [-0.3, -0.25) is 9.59 Å². The van der Waals surface area contributed by atoms with Gasteiger partial charge in [-0.15, -0.1) is 0 Å². The predicted octanol–water partition coefficient (Wildman–Crippen LogP) is -0.317. The number of amides is 1. The van der Waals surface area contributed by atoms with E-state index in [1.54, 1.807) is 4.90 Å². The van der Waals surface area contributed by atoms with E-state index in [0.29, 0.717) is 13.0 Å². The van der Waals surface area contributed by atoms with Gasteiger partial charge in [0, 0.05) is 6.54 Å². The van der Waals surface area contributed by atoms with Crippen molar-refractivity contribution in [1.29, 1.82) is 0 Å². The lowest BCUT2D eigenvalue weighted by Gasteiger charge is -2.24. The Balaban J connectivity index is 2.04. The summed E-state index contributed by atoms with van der Waals surface area (Å²) in [6.07, 6.45) is 2.20. The topological polar surface area (TPSA) is 72.6 Å². The second kappa shape index (κ2) is 4.51. The van der Waals surface area contributed by atoms with Crippen molar-refractivity contribution in [3.63, 3.8) is 0 Å². The molecule has 2 rings (SSSR count). The maximum absolute atomic E-state index is 12.0. The number of nitrogens with zero attached hydrogens (tertiary/aromatic N) is 1. The van der Waals surface area contributed by atoms with E-state index in [1.807, 2.05) is 6.92 Å². The van der Waals surface area contributed by atoms with E-state index in [-0.39, 0.29) is 30.4 Å². The van der Waals surface area contributed by atoms with Crippen LogP contribution in [0.3, 0.4) is 0 Å². The number of fused-ring (bicyclic) bond motifs is 1. The van der Waals surface area contributed by atoms with Crippen LogP contribution in [0, 0.1) is 0 Å². The summed E-state index contributed by atoms with van der Waals surface area (Å²) in [5, 5.41) is 0. The average molecular weight is 226 g/mol. The molecular formula is C11H18N2O3. The van der Waals surface area contributed by atoms with Gasteiger partial charge in [-0.05, 0) is 12.8 Å². The Bertz CT molecular complexity index is 306. The highest BCUT2D eigenvalue weighted by Crippen LogP contribution is 2.27. The lowest BCUT2D eigenvalue weighted by Crippen LogP contribution is -2.49. The van der Waals surface area contributed by atoms with Crippen LogP contribution in [0.2, 0.25) is 0 Å².